The second kappa shape index (κ2) is 82.5. The molecule has 0 aliphatic heterocycles. The number of esters is 4. The molecular weight excluding hydrogens is 1460 g/mol. The number of carboxylic acids is 2. The highest BCUT2D eigenvalue weighted by Gasteiger charge is 2.23. The van der Waals surface area contributed by atoms with Crippen molar-refractivity contribution in [1.82, 2.24) is 29.4 Å². The highest BCUT2D eigenvalue weighted by Crippen LogP contribution is 2.16. The van der Waals surface area contributed by atoms with Crippen LogP contribution in [0.1, 0.15) is 150 Å². The predicted octanol–water partition coefficient (Wildman–Crippen LogP) is 6.74. The highest BCUT2D eigenvalue weighted by atomic mass is 127. The highest BCUT2D eigenvalue weighted by molar-refractivity contribution is 14.1. The largest absolute Gasteiger partial charge is 0.481 e. The van der Waals surface area contributed by atoms with Crippen LogP contribution >= 0.6 is 22.6 Å². The van der Waals surface area contributed by atoms with Gasteiger partial charge in [0.2, 0.25) is 0 Å². The Morgan fingerprint density at radius 1 is 0.408 bits per heavy atom. The number of halogens is 1. The van der Waals surface area contributed by atoms with Crippen LogP contribution in [0, 0.1) is 3.57 Å². The van der Waals surface area contributed by atoms with Crippen molar-refractivity contribution in [1.29, 1.82) is 0 Å². The van der Waals surface area contributed by atoms with Gasteiger partial charge in [-0.15, -0.1) is 6.58 Å². The van der Waals surface area contributed by atoms with Crippen LogP contribution in [0.2, 0.25) is 0 Å². The number of ether oxygens (including phenoxy) is 4. The average molecular weight is 1570 g/mol. The van der Waals surface area contributed by atoms with Crippen LogP contribution in [0.25, 0.3) is 6.08 Å². The fraction of sp³-hybridized carbons (Fsp3) is 0.611. The Kier molecular flexibility index (Phi) is 86.4. The van der Waals surface area contributed by atoms with Crippen LogP contribution in [0.4, 0.5) is 0 Å². The van der Waals surface area contributed by atoms with Gasteiger partial charge in [-0.2, -0.15) is 57.5 Å². The topological polar surface area (TPSA) is 404 Å². The molecule has 2 atom stereocenters. The molecule has 0 saturated carbocycles. The van der Waals surface area contributed by atoms with Crippen molar-refractivity contribution in [2.45, 2.75) is 158 Å². The molecule has 580 valence electrons. The molecule has 0 aromatic heterocycles. The summed E-state index contributed by atoms with van der Waals surface area (Å²) in [4.78, 5) is 181. The van der Waals surface area contributed by atoms with E-state index in [0.29, 0.717) is 64.4 Å². The number of hydrogen-bond acceptors (Lipinski definition) is 28. The number of aryl methyl sites for hydroxylation is 2. The van der Waals surface area contributed by atoms with E-state index in [0.717, 1.165) is 134 Å². The van der Waals surface area contributed by atoms with Gasteiger partial charge in [-0.25, -0.2) is 0 Å². The number of benzene rings is 2. The second-order valence-corrected chi connectivity index (χ2v) is 22.6. The van der Waals surface area contributed by atoms with Gasteiger partial charge in [0.25, 0.3) is 0 Å². The Labute approximate surface area is 620 Å². The first-order chi connectivity index (χ1) is 49.4. The Balaban J connectivity index is -0.000000261. The lowest BCUT2D eigenvalue weighted by atomic mass is 10.0. The van der Waals surface area contributed by atoms with E-state index in [1.54, 1.807) is 27.7 Å². The van der Waals surface area contributed by atoms with Gasteiger partial charge < -0.3 is 39.0 Å². The van der Waals surface area contributed by atoms with Crippen molar-refractivity contribution >= 4 is 101 Å². The molecule has 2 unspecified atom stereocenters. The molecule has 0 heterocycles. The minimum Gasteiger partial charge on any atom is -0.481 e. The maximum atomic E-state index is 12.3. The van der Waals surface area contributed by atoms with E-state index in [1.807, 2.05) is 64.4 Å². The number of nitrogens with zero attached hydrogens (tertiary/aromatic N) is 6. The van der Waals surface area contributed by atoms with E-state index in [9.17, 15) is 28.8 Å². The van der Waals surface area contributed by atoms with Crippen molar-refractivity contribution in [3.05, 3.63) is 87.5 Å². The number of carbonyl (C=O) groups is 6. The molecular formula is C72H111IN6O24. The number of aliphatic carboxylic acids is 2. The summed E-state index contributed by atoms with van der Waals surface area (Å²) in [6, 6.07) is 16.6. The molecule has 0 saturated heterocycles. The molecule has 0 spiro atoms. The standard InChI is InChI=1S/C33H55N3O6.C24H47N3O4.C9H9IO2.6CO2/c1-6-20-34(21-7-2)22-24-36(25-23-35(26-32(39)41-9-4)27-33(40)42-10-5)30(8-3)13-11-12-28-14-16-29(17-15-28)18-19-31(37)38;1-7-13-22(10-4)27(18-16-25(14-8-2)15-9-3)19-17-26(20-23(28)30-11-5)21-24(29)31-12-6;10-8-4-1-7(2-5-8)3-6-9(11)12;6*2-1-3/h11-12,14-17,30H,6-10,13,18-27H2,1-5H3,(H,37,38);7,22H,1,8-21H2,2-6H3;1-2,4-5H,3,6H2,(H,11,12);;;;;;/b12-11+;;;;;;;;. The normalized spacial score (nSPS) is 10.4. The van der Waals surface area contributed by atoms with E-state index in [4.69, 9.17) is 86.7 Å². The summed E-state index contributed by atoms with van der Waals surface area (Å²) in [6.45, 7) is 36.7. The first kappa shape index (κ1) is 108. The number of hydrogen-bond donors (Lipinski definition) is 2. The molecule has 0 amide bonds. The second-order valence-electron chi connectivity index (χ2n) is 21.3. The lowest BCUT2D eigenvalue weighted by molar-refractivity contribution is -0.193. The van der Waals surface area contributed by atoms with Gasteiger partial charge in [-0.1, -0.05) is 96.2 Å². The maximum absolute atomic E-state index is 12.3. The summed E-state index contributed by atoms with van der Waals surface area (Å²) in [7, 11) is 0. The van der Waals surface area contributed by atoms with Gasteiger partial charge in [0, 0.05) is 80.9 Å². The van der Waals surface area contributed by atoms with E-state index < -0.39 is 11.9 Å². The smallest absolute Gasteiger partial charge is 0.373 e. The monoisotopic (exact) mass is 1570 g/mol. The molecule has 2 aromatic carbocycles. The van der Waals surface area contributed by atoms with E-state index in [-0.39, 0.29) is 99.8 Å². The Hall–Kier alpha value is -8.49. The summed E-state index contributed by atoms with van der Waals surface area (Å²) in [6.07, 6.45) is 17.6. The molecule has 2 N–H and O–H groups in total. The van der Waals surface area contributed by atoms with Gasteiger partial charge in [0.1, 0.15) is 0 Å². The third-order valence-electron chi connectivity index (χ3n) is 13.9. The summed E-state index contributed by atoms with van der Waals surface area (Å²) < 4.78 is 21.7. The zero-order chi connectivity index (χ0) is 79.9. The van der Waals surface area contributed by atoms with Gasteiger partial charge in [-0.3, -0.25) is 48.4 Å². The fourth-order valence-corrected chi connectivity index (χ4v) is 9.96. The van der Waals surface area contributed by atoms with E-state index >= 15 is 0 Å². The third-order valence-corrected chi connectivity index (χ3v) is 14.6. The molecule has 0 aliphatic rings. The summed E-state index contributed by atoms with van der Waals surface area (Å²) in [5.41, 5.74) is 3.19. The fourth-order valence-electron chi connectivity index (χ4n) is 9.60. The Morgan fingerprint density at radius 2 is 0.670 bits per heavy atom. The zero-order valence-electron chi connectivity index (χ0n) is 61.8. The molecule has 2 rings (SSSR count). The van der Waals surface area contributed by atoms with E-state index in [2.05, 4.69) is 102 Å². The predicted molar refractivity (Wildman–Crippen MR) is 381 cm³/mol. The Bertz CT molecular complexity index is 2580. The van der Waals surface area contributed by atoms with Crippen molar-refractivity contribution < 1.29 is 115 Å². The lowest BCUT2D eigenvalue weighted by Crippen LogP contribution is -2.46. The van der Waals surface area contributed by atoms with E-state index in [1.165, 1.54) is 3.57 Å². The molecule has 0 aliphatic carbocycles. The molecule has 0 bridgehead atoms. The third kappa shape index (κ3) is 74.5. The molecule has 0 fully saturated rings. The van der Waals surface area contributed by atoms with Crippen LogP contribution in [0.3, 0.4) is 0 Å². The van der Waals surface area contributed by atoms with Crippen LogP contribution in [0.5, 0.6) is 0 Å². The van der Waals surface area contributed by atoms with Gasteiger partial charge in [0.05, 0.1) is 52.6 Å². The van der Waals surface area contributed by atoms with Gasteiger partial charge >= 0.3 is 72.7 Å². The van der Waals surface area contributed by atoms with Crippen LogP contribution < -0.4 is 0 Å². The first-order valence-electron chi connectivity index (χ1n) is 33.9. The molecule has 31 heteroatoms. The first-order valence-corrected chi connectivity index (χ1v) is 35.0. The van der Waals surface area contributed by atoms with Crippen molar-refractivity contribution in [3.8, 4) is 0 Å². The number of carboxylic acid groups (broad SMARTS) is 2. The Morgan fingerprint density at radius 3 is 0.913 bits per heavy atom. The zero-order valence-corrected chi connectivity index (χ0v) is 63.9. The molecule has 103 heavy (non-hydrogen) atoms. The number of carbonyl (C=O) groups excluding carboxylic acids is 16. The molecule has 30 nitrogen and oxygen atoms in total. The maximum Gasteiger partial charge on any atom is 0.373 e. The number of rotatable bonds is 47. The SMILES string of the molecule is C=CCC(CC)N(CCN(CCC)CCC)CCN(CC(=O)OCC)CC(=O)OCC.CCCN(CCC)CCN(CCN(CC(=O)OCC)CC(=O)OCC)C(CC)C/C=C/c1ccc(CCC(=O)O)cc1.O=C(O)CCc1ccc(I)cc1.O=C=O.O=C=O.O=C=O.O=C=O.O=C=O.O=C=O. The van der Waals surface area contributed by atoms with Gasteiger partial charge in [0.15, 0.2) is 0 Å². The quantitative estimate of drug-likeness (QED) is 0.0300. The minimum absolute atomic E-state index is 0.0530. The van der Waals surface area contributed by atoms with Crippen molar-refractivity contribution in [2.75, 3.05) is 131 Å². The summed E-state index contributed by atoms with van der Waals surface area (Å²) >= 11 is 2.22. The summed E-state index contributed by atoms with van der Waals surface area (Å²) in [5, 5.41) is 17.3. The van der Waals surface area contributed by atoms with Crippen molar-refractivity contribution in [3.63, 3.8) is 0 Å². The molecule has 0 radical (unpaired) electrons. The van der Waals surface area contributed by atoms with Gasteiger partial charge in [-0.05, 0) is 169 Å². The minimum atomic E-state index is -0.786. The molecule has 2 aromatic rings. The van der Waals surface area contributed by atoms with Crippen LogP contribution in [-0.4, -0.2) is 256 Å². The van der Waals surface area contributed by atoms with Crippen LogP contribution in [-0.2, 0) is 118 Å². The van der Waals surface area contributed by atoms with Crippen molar-refractivity contribution in [2.24, 2.45) is 0 Å². The summed E-state index contributed by atoms with van der Waals surface area (Å²) in [5.74, 6) is -2.83. The van der Waals surface area contributed by atoms with Crippen LogP contribution in [0.15, 0.2) is 67.3 Å². The lowest BCUT2D eigenvalue weighted by Gasteiger charge is -2.34. The average Bonchev–Trinajstić information content (AvgIpc) is 0.908.